The van der Waals surface area contributed by atoms with Crippen LogP contribution < -0.4 is 9.46 Å². The number of esters is 1. The van der Waals surface area contributed by atoms with E-state index in [2.05, 4.69) is 44.4 Å². The van der Waals surface area contributed by atoms with Gasteiger partial charge in [-0.25, -0.2) is 13.4 Å². The number of aromatic nitrogens is 1. The summed E-state index contributed by atoms with van der Waals surface area (Å²) in [6.45, 7) is 2.37. The van der Waals surface area contributed by atoms with Crippen LogP contribution in [0.5, 0.6) is 5.88 Å². The fraction of sp³-hybridized carbons (Fsp3) is 0.667. The van der Waals surface area contributed by atoms with Crippen LogP contribution in [0.2, 0.25) is 0 Å². The van der Waals surface area contributed by atoms with Crippen molar-refractivity contribution in [1.29, 1.82) is 0 Å². The molecular weight excluding hydrogens is 797 g/mol. The smallest absolute Gasteiger partial charge is 0.306 e. The number of halogens is 1. The first-order valence-corrected chi connectivity index (χ1v) is 21.9. The fourth-order valence-electron chi connectivity index (χ4n) is 8.95. The molecule has 4 bridgehead atoms. The Balaban J connectivity index is 1.21. The van der Waals surface area contributed by atoms with Gasteiger partial charge in [0.2, 0.25) is 27.7 Å². The summed E-state index contributed by atoms with van der Waals surface area (Å²) in [6.07, 6.45) is 11.4. The lowest BCUT2D eigenvalue weighted by molar-refractivity contribution is -0.152. The molecule has 2 amide bonds. The van der Waals surface area contributed by atoms with Crippen LogP contribution >= 0.6 is 22.6 Å². The minimum atomic E-state index is -3.79. The van der Waals surface area contributed by atoms with Crippen LogP contribution in [0.3, 0.4) is 0 Å². The van der Waals surface area contributed by atoms with Crippen LogP contribution in [0.1, 0.15) is 109 Å². The molecule has 3 heterocycles. The lowest BCUT2D eigenvalue weighted by Crippen LogP contribution is -2.48. The molecule has 2 aromatic rings. The van der Waals surface area contributed by atoms with E-state index in [1.807, 2.05) is 13.0 Å². The molecule has 13 heteroatoms. The highest BCUT2D eigenvalue weighted by Crippen LogP contribution is 2.58. The molecule has 282 valence electrons. The Bertz CT molecular complexity index is 1830. The van der Waals surface area contributed by atoms with Crippen LogP contribution in [-0.4, -0.2) is 72.4 Å². The molecule has 7 rings (SSSR count). The van der Waals surface area contributed by atoms with Crippen molar-refractivity contribution >= 4 is 67.0 Å². The average molecular weight is 848 g/mol. The lowest BCUT2D eigenvalue weighted by atomic mass is 9.77. The number of amides is 2. The Morgan fingerprint density at radius 3 is 2.54 bits per heavy atom. The van der Waals surface area contributed by atoms with E-state index in [0.717, 1.165) is 77.7 Å². The molecular formula is C39H50IN3O8S. The predicted molar refractivity (Wildman–Crippen MR) is 203 cm³/mol. The Kier molecular flexibility index (Phi) is 11.2. The van der Waals surface area contributed by atoms with Gasteiger partial charge >= 0.3 is 5.97 Å². The average Bonchev–Trinajstić information content (AvgIpc) is 4.05. The van der Waals surface area contributed by atoms with Crippen molar-refractivity contribution in [2.45, 2.75) is 127 Å². The SMILES string of the molecule is CC[C@H]1C[C@]1(CC(=O)[C@@H]1C[C@@H]2CN1C(=O)[C@H](C1CCCCC1)CC(=O)OCCCCCc1cc(I)c3ccnc(c3c1)O2)C(=O)NS(=O)(=O)C1CC1. The number of fused-ring (bicyclic) bond motifs is 3. The summed E-state index contributed by atoms with van der Waals surface area (Å²) in [5, 5.41) is 1.33. The maximum Gasteiger partial charge on any atom is 0.306 e. The van der Waals surface area contributed by atoms with E-state index in [4.69, 9.17) is 9.47 Å². The number of nitrogens with zero attached hydrogens (tertiary/aromatic N) is 2. The third kappa shape index (κ3) is 8.00. The summed E-state index contributed by atoms with van der Waals surface area (Å²) in [7, 11) is -3.79. The van der Waals surface area contributed by atoms with E-state index in [9.17, 15) is 27.6 Å². The van der Waals surface area contributed by atoms with Gasteiger partial charge in [-0.2, -0.15) is 0 Å². The van der Waals surface area contributed by atoms with Gasteiger partial charge in [0.15, 0.2) is 5.78 Å². The van der Waals surface area contributed by atoms with Gasteiger partial charge in [-0.1, -0.05) is 32.6 Å². The maximum atomic E-state index is 14.8. The van der Waals surface area contributed by atoms with Crippen molar-refractivity contribution in [2.24, 2.45) is 23.2 Å². The minimum absolute atomic E-state index is 0.00648. The second-order valence-corrected chi connectivity index (χ2v) is 18.9. The van der Waals surface area contributed by atoms with E-state index >= 15 is 0 Å². The lowest BCUT2D eigenvalue weighted by Gasteiger charge is -2.34. The number of cyclic esters (lactones) is 1. The second kappa shape index (κ2) is 15.5. The molecule has 2 aliphatic heterocycles. The number of aryl methyl sites for hydroxylation is 1. The number of ether oxygens (including phenoxy) is 2. The minimum Gasteiger partial charge on any atom is -0.472 e. The van der Waals surface area contributed by atoms with Crippen LogP contribution in [0.25, 0.3) is 10.8 Å². The quantitative estimate of drug-likeness (QED) is 0.249. The van der Waals surface area contributed by atoms with Gasteiger partial charge < -0.3 is 14.4 Å². The number of hydrogen-bond acceptors (Lipinski definition) is 9. The zero-order chi connectivity index (χ0) is 36.6. The summed E-state index contributed by atoms with van der Waals surface area (Å²) in [5.41, 5.74) is 0.0200. The number of hydrogen-bond donors (Lipinski definition) is 1. The van der Waals surface area contributed by atoms with Crippen molar-refractivity contribution in [3.05, 3.63) is 33.5 Å². The van der Waals surface area contributed by atoms with Crippen molar-refractivity contribution in [1.82, 2.24) is 14.6 Å². The summed E-state index contributed by atoms with van der Waals surface area (Å²) in [5.74, 6) is -1.87. The molecule has 1 N–H and O–H groups in total. The monoisotopic (exact) mass is 847 g/mol. The summed E-state index contributed by atoms with van der Waals surface area (Å²) < 4.78 is 41.3. The first kappa shape index (κ1) is 37.5. The molecule has 0 unspecified atom stereocenters. The Morgan fingerprint density at radius 1 is 1.04 bits per heavy atom. The molecule has 5 atom stereocenters. The van der Waals surface area contributed by atoms with E-state index in [1.165, 1.54) is 0 Å². The van der Waals surface area contributed by atoms with Crippen molar-refractivity contribution in [2.75, 3.05) is 13.2 Å². The first-order valence-electron chi connectivity index (χ1n) is 19.3. The second-order valence-electron chi connectivity index (χ2n) is 15.8. The van der Waals surface area contributed by atoms with Crippen molar-refractivity contribution in [3.8, 4) is 5.88 Å². The first-order chi connectivity index (χ1) is 25.0. The van der Waals surface area contributed by atoms with Crippen LogP contribution in [-0.2, 0) is 40.4 Å². The van der Waals surface area contributed by atoms with Gasteiger partial charge in [0.1, 0.15) is 6.10 Å². The van der Waals surface area contributed by atoms with Crippen LogP contribution in [0.4, 0.5) is 0 Å². The molecule has 11 nitrogen and oxygen atoms in total. The number of benzene rings is 1. The molecule has 0 radical (unpaired) electrons. The normalized spacial score (nSPS) is 29.2. The van der Waals surface area contributed by atoms with E-state index in [-0.39, 0.29) is 49.3 Å². The zero-order valence-electron chi connectivity index (χ0n) is 29.9. The highest BCUT2D eigenvalue weighted by atomic mass is 127. The van der Waals surface area contributed by atoms with Gasteiger partial charge in [-0.3, -0.25) is 23.9 Å². The number of rotatable bonds is 8. The number of nitrogens with one attached hydrogen (secondary N) is 1. The van der Waals surface area contributed by atoms with Crippen LogP contribution in [0.15, 0.2) is 24.4 Å². The van der Waals surface area contributed by atoms with Crippen LogP contribution in [0, 0.1) is 26.7 Å². The number of pyridine rings is 1. The molecule has 52 heavy (non-hydrogen) atoms. The Hall–Kier alpha value is -2.81. The van der Waals surface area contributed by atoms with Gasteiger partial charge in [0, 0.05) is 33.4 Å². The zero-order valence-corrected chi connectivity index (χ0v) is 32.9. The number of carbonyl (C=O) groups is 4. The molecule has 1 saturated heterocycles. The molecule has 4 fully saturated rings. The molecule has 5 aliphatic rings. The Morgan fingerprint density at radius 2 is 1.81 bits per heavy atom. The number of ketones is 1. The van der Waals surface area contributed by atoms with Gasteiger partial charge in [0.25, 0.3) is 0 Å². The molecule has 1 aromatic carbocycles. The fourth-order valence-corrected chi connectivity index (χ4v) is 11.2. The predicted octanol–water partition coefficient (Wildman–Crippen LogP) is 6.03. The molecule has 3 aliphatic carbocycles. The number of Topliss-reactive ketones (excluding diaryl/α,β-unsaturated/α-hetero) is 1. The third-order valence-electron chi connectivity index (χ3n) is 12.2. The van der Waals surface area contributed by atoms with E-state index < -0.39 is 50.6 Å². The van der Waals surface area contributed by atoms with E-state index in [0.29, 0.717) is 38.2 Å². The van der Waals surface area contributed by atoms with E-state index in [1.54, 1.807) is 11.1 Å². The van der Waals surface area contributed by atoms with Crippen molar-refractivity contribution in [3.63, 3.8) is 0 Å². The highest BCUT2D eigenvalue weighted by Gasteiger charge is 2.61. The molecule has 1 aromatic heterocycles. The van der Waals surface area contributed by atoms with Gasteiger partial charge in [-0.15, -0.1) is 0 Å². The summed E-state index contributed by atoms with van der Waals surface area (Å²) in [4.78, 5) is 62.4. The molecule has 0 spiro atoms. The van der Waals surface area contributed by atoms with Gasteiger partial charge in [-0.05, 0) is 116 Å². The third-order valence-corrected chi connectivity index (χ3v) is 14.9. The Labute approximate surface area is 319 Å². The topological polar surface area (TPSA) is 149 Å². The molecule has 3 saturated carbocycles. The maximum absolute atomic E-state index is 14.8. The largest absolute Gasteiger partial charge is 0.472 e. The number of carbonyl (C=O) groups excluding carboxylic acids is 4. The van der Waals surface area contributed by atoms with Gasteiger partial charge in [0.05, 0.1) is 42.2 Å². The standard InChI is InChI=1S/C39H50IN3O8S/c1-2-26-21-39(26,38(47)42-52(48,49)28-12-13-28)22-34(44)33-19-27-23-43(33)37(46)30(25-10-6-3-7-11-25)20-35(45)50-16-8-4-5-9-24-17-31-29(32(40)18-24)14-15-41-36(31)51-27/h14-15,17-18,25-28,30,33H,2-13,16,19-23H2,1H3,(H,42,47)/t26-,27+,30-,33-,39+/m0/s1. The van der Waals surface area contributed by atoms with Crippen molar-refractivity contribution < 1.29 is 37.1 Å². The number of sulfonamides is 1. The highest BCUT2D eigenvalue weighted by molar-refractivity contribution is 14.1. The summed E-state index contributed by atoms with van der Waals surface area (Å²) in [6, 6.07) is 5.35. The summed E-state index contributed by atoms with van der Waals surface area (Å²) >= 11 is 2.34.